The van der Waals surface area contributed by atoms with E-state index in [2.05, 4.69) is 77.2 Å². The summed E-state index contributed by atoms with van der Waals surface area (Å²) in [5.74, 6) is 0. The van der Waals surface area contributed by atoms with Gasteiger partial charge in [-0.25, -0.2) is 0 Å². The maximum Gasteiger partial charge on any atom is 0.171 e. The topological polar surface area (TPSA) is 27.3 Å². The van der Waals surface area contributed by atoms with Gasteiger partial charge in [0.05, 0.1) is 6.04 Å². The molecule has 0 aromatic heterocycles. The number of thiocarbonyl (C=S) groups is 1. The Balaban J connectivity index is 0.00000196. The van der Waals surface area contributed by atoms with E-state index in [0.29, 0.717) is 5.11 Å². The Morgan fingerprint density at radius 1 is 1.00 bits per heavy atom. The SMILES string of the molecule is CN1CC2=C(NC(=S)NC2c2ccccc2)/C(=C\c2ccccc2)C1.Cl. The smallest absolute Gasteiger partial charge is 0.171 e. The lowest BCUT2D eigenvalue weighted by Crippen LogP contribution is -2.49. The highest BCUT2D eigenvalue weighted by Crippen LogP contribution is 2.33. The van der Waals surface area contributed by atoms with Crippen molar-refractivity contribution in [3.63, 3.8) is 0 Å². The minimum absolute atomic E-state index is 0. The second-order valence-electron chi connectivity index (χ2n) is 6.59. The van der Waals surface area contributed by atoms with Gasteiger partial charge in [-0.3, -0.25) is 4.90 Å². The molecule has 1 unspecified atom stereocenters. The van der Waals surface area contributed by atoms with Crippen molar-refractivity contribution in [2.24, 2.45) is 0 Å². The first kappa shape index (κ1) is 18.6. The zero-order valence-corrected chi connectivity index (χ0v) is 16.2. The van der Waals surface area contributed by atoms with Crippen LogP contribution in [0.1, 0.15) is 17.2 Å². The molecule has 2 heterocycles. The quantitative estimate of drug-likeness (QED) is 0.769. The van der Waals surface area contributed by atoms with E-state index in [-0.39, 0.29) is 18.4 Å². The van der Waals surface area contributed by atoms with Gasteiger partial charge < -0.3 is 10.6 Å². The Bertz CT molecular complexity index is 846. The number of rotatable bonds is 2. The summed E-state index contributed by atoms with van der Waals surface area (Å²) >= 11 is 5.50. The lowest BCUT2D eigenvalue weighted by molar-refractivity contribution is 0.364. The molecule has 134 valence electrons. The minimum Gasteiger partial charge on any atom is -0.352 e. The molecule has 5 heteroatoms. The molecule has 0 aliphatic carbocycles. The Kier molecular flexibility index (Phi) is 5.77. The van der Waals surface area contributed by atoms with Gasteiger partial charge in [-0.1, -0.05) is 60.7 Å². The molecule has 2 aromatic carbocycles. The van der Waals surface area contributed by atoms with Crippen molar-refractivity contribution in [3.05, 3.63) is 88.6 Å². The van der Waals surface area contributed by atoms with Crippen molar-refractivity contribution in [3.8, 4) is 0 Å². The van der Waals surface area contributed by atoms with Crippen LogP contribution in [-0.2, 0) is 0 Å². The van der Waals surface area contributed by atoms with Crippen LogP contribution in [0.3, 0.4) is 0 Å². The molecule has 0 spiro atoms. The molecule has 0 amide bonds. The fourth-order valence-electron chi connectivity index (χ4n) is 3.56. The number of hydrogen-bond acceptors (Lipinski definition) is 2. The Morgan fingerprint density at radius 3 is 2.35 bits per heavy atom. The Hall–Kier alpha value is -2.14. The van der Waals surface area contributed by atoms with E-state index in [1.807, 2.05) is 12.1 Å². The molecule has 2 N–H and O–H groups in total. The lowest BCUT2D eigenvalue weighted by atomic mass is 9.89. The van der Waals surface area contributed by atoms with Crippen molar-refractivity contribution in [1.82, 2.24) is 15.5 Å². The van der Waals surface area contributed by atoms with Crippen LogP contribution in [0.4, 0.5) is 0 Å². The average Bonchev–Trinajstić information content (AvgIpc) is 2.63. The summed E-state index contributed by atoms with van der Waals surface area (Å²) < 4.78 is 0. The van der Waals surface area contributed by atoms with Crippen LogP contribution in [0.5, 0.6) is 0 Å². The van der Waals surface area contributed by atoms with E-state index in [0.717, 1.165) is 13.1 Å². The molecule has 3 nitrogen and oxygen atoms in total. The highest BCUT2D eigenvalue weighted by molar-refractivity contribution is 7.80. The van der Waals surface area contributed by atoms with Gasteiger partial charge in [0.25, 0.3) is 0 Å². The van der Waals surface area contributed by atoms with E-state index < -0.39 is 0 Å². The van der Waals surface area contributed by atoms with Crippen LogP contribution in [0.2, 0.25) is 0 Å². The van der Waals surface area contributed by atoms with Crippen LogP contribution >= 0.6 is 24.6 Å². The first-order valence-corrected chi connectivity index (χ1v) is 8.91. The Morgan fingerprint density at radius 2 is 1.65 bits per heavy atom. The number of likely N-dealkylation sites (N-methyl/N-ethyl adjacent to an activating group) is 1. The predicted molar refractivity (Wildman–Crippen MR) is 114 cm³/mol. The zero-order valence-electron chi connectivity index (χ0n) is 14.6. The van der Waals surface area contributed by atoms with Gasteiger partial charge in [-0.15, -0.1) is 12.4 Å². The van der Waals surface area contributed by atoms with Crippen LogP contribution in [0, 0.1) is 0 Å². The van der Waals surface area contributed by atoms with Crippen LogP contribution in [-0.4, -0.2) is 30.1 Å². The van der Waals surface area contributed by atoms with E-state index in [4.69, 9.17) is 12.2 Å². The number of nitrogens with one attached hydrogen (secondary N) is 2. The van der Waals surface area contributed by atoms with Gasteiger partial charge in [0.2, 0.25) is 0 Å². The monoisotopic (exact) mass is 383 g/mol. The number of hydrogen-bond donors (Lipinski definition) is 2. The predicted octanol–water partition coefficient (Wildman–Crippen LogP) is 3.91. The first-order valence-electron chi connectivity index (χ1n) is 8.51. The van der Waals surface area contributed by atoms with Crippen molar-refractivity contribution >= 4 is 35.8 Å². The third kappa shape index (κ3) is 3.83. The lowest BCUT2D eigenvalue weighted by Gasteiger charge is -2.39. The molecule has 0 saturated carbocycles. The van der Waals surface area contributed by atoms with E-state index >= 15 is 0 Å². The van der Waals surface area contributed by atoms with Gasteiger partial charge in [0.1, 0.15) is 0 Å². The molecular weight excluding hydrogens is 362 g/mol. The number of nitrogens with zero attached hydrogens (tertiary/aromatic N) is 1. The van der Waals surface area contributed by atoms with Crippen molar-refractivity contribution in [1.29, 1.82) is 0 Å². The summed E-state index contributed by atoms with van der Waals surface area (Å²) in [4.78, 5) is 2.35. The third-order valence-corrected chi connectivity index (χ3v) is 4.88. The minimum atomic E-state index is 0. The van der Waals surface area contributed by atoms with E-state index in [1.165, 1.54) is 28.0 Å². The average molecular weight is 384 g/mol. The summed E-state index contributed by atoms with van der Waals surface area (Å²) in [6.07, 6.45) is 2.26. The first-order chi connectivity index (χ1) is 12.2. The summed E-state index contributed by atoms with van der Waals surface area (Å²) in [5.41, 5.74) is 6.25. The van der Waals surface area contributed by atoms with Gasteiger partial charge in [0.15, 0.2) is 5.11 Å². The van der Waals surface area contributed by atoms with Gasteiger partial charge in [-0.05, 0) is 47.6 Å². The molecule has 4 rings (SSSR count). The molecule has 1 atom stereocenters. The maximum absolute atomic E-state index is 5.50. The molecule has 2 aromatic rings. The van der Waals surface area contributed by atoms with Gasteiger partial charge in [-0.2, -0.15) is 0 Å². The molecule has 0 saturated heterocycles. The van der Waals surface area contributed by atoms with Crippen molar-refractivity contribution in [2.75, 3.05) is 20.1 Å². The molecular formula is C21H22ClN3S. The van der Waals surface area contributed by atoms with E-state index in [1.54, 1.807) is 0 Å². The fourth-order valence-corrected chi connectivity index (χ4v) is 3.78. The highest BCUT2D eigenvalue weighted by Gasteiger charge is 2.31. The fraction of sp³-hybridized carbons (Fsp3) is 0.190. The maximum atomic E-state index is 5.50. The molecule has 2 aliphatic rings. The highest BCUT2D eigenvalue weighted by atomic mass is 35.5. The third-order valence-electron chi connectivity index (χ3n) is 4.66. The largest absolute Gasteiger partial charge is 0.352 e. The summed E-state index contributed by atoms with van der Waals surface area (Å²) in [6.45, 7) is 1.83. The van der Waals surface area contributed by atoms with Crippen LogP contribution in [0.25, 0.3) is 6.08 Å². The molecule has 2 aliphatic heterocycles. The Labute approximate surface area is 166 Å². The summed E-state index contributed by atoms with van der Waals surface area (Å²) in [7, 11) is 2.16. The molecule has 26 heavy (non-hydrogen) atoms. The second kappa shape index (κ2) is 8.04. The van der Waals surface area contributed by atoms with Gasteiger partial charge >= 0.3 is 0 Å². The van der Waals surface area contributed by atoms with Crippen molar-refractivity contribution < 1.29 is 0 Å². The van der Waals surface area contributed by atoms with Crippen LogP contribution in [0.15, 0.2) is 77.5 Å². The number of halogens is 1. The molecule has 0 radical (unpaired) electrons. The van der Waals surface area contributed by atoms with Crippen LogP contribution < -0.4 is 10.6 Å². The van der Waals surface area contributed by atoms with Gasteiger partial charge in [0, 0.05) is 18.8 Å². The number of benzene rings is 2. The van der Waals surface area contributed by atoms with E-state index in [9.17, 15) is 0 Å². The summed E-state index contributed by atoms with van der Waals surface area (Å²) in [5, 5.41) is 7.55. The summed E-state index contributed by atoms with van der Waals surface area (Å²) in [6, 6.07) is 21.1. The van der Waals surface area contributed by atoms with Crippen molar-refractivity contribution in [2.45, 2.75) is 6.04 Å². The second-order valence-corrected chi connectivity index (χ2v) is 7.00. The normalized spacial score (nSPS) is 21.5. The molecule has 0 fully saturated rings. The standard InChI is InChI=1S/C21H21N3S.ClH/c1-24-13-17(12-15-8-4-2-5-9-15)20-18(14-24)19(22-21(25)23-20)16-10-6-3-7-11-16;/h2-12,19H,13-14H2,1H3,(H2,22,23,25);1H/b17-12-;. The molecule has 0 bridgehead atoms. The zero-order chi connectivity index (χ0) is 17.2.